The first kappa shape index (κ1) is 20.8. The SMILES string of the molecule is CCCCCCCCn1cc(C(=O)C(N)=O)c2cc(-c3cccc(C)c3)ccc21. The molecule has 1 heterocycles. The zero-order valence-corrected chi connectivity index (χ0v) is 17.4. The molecule has 0 spiro atoms. The molecule has 0 aliphatic heterocycles. The number of carbonyl (C=O) groups is 2. The van der Waals surface area contributed by atoms with E-state index in [0.29, 0.717) is 5.56 Å². The zero-order valence-electron chi connectivity index (χ0n) is 17.4. The minimum absolute atomic E-state index is 0.396. The number of fused-ring (bicyclic) bond motifs is 1. The molecule has 2 aromatic carbocycles. The summed E-state index contributed by atoms with van der Waals surface area (Å²) in [6.07, 6.45) is 9.04. The molecule has 4 nitrogen and oxygen atoms in total. The lowest BCUT2D eigenvalue weighted by atomic mass is 10.00. The third-order valence-corrected chi connectivity index (χ3v) is 5.45. The van der Waals surface area contributed by atoms with Crippen LogP contribution in [0.4, 0.5) is 0 Å². The van der Waals surface area contributed by atoms with Gasteiger partial charge in [0.1, 0.15) is 0 Å². The lowest BCUT2D eigenvalue weighted by Crippen LogP contribution is -2.22. The standard InChI is InChI=1S/C25H30N2O2/c1-3-4-5-6-7-8-14-27-17-22(24(28)25(26)29)21-16-20(12-13-23(21)27)19-11-9-10-18(2)15-19/h9-13,15-17H,3-8,14H2,1-2H3,(H2,26,29). The maximum atomic E-state index is 12.4. The van der Waals surface area contributed by atoms with Crippen LogP contribution in [0.25, 0.3) is 22.0 Å². The number of aryl methyl sites for hydroxylation is 2. The van der Waals surface area contributed by atoms with Crippen LogP contribution in [0, 0.1) is 6.92 Å². The number of nitrogens with zero attached hydrogens (tertiary/aromatic N) is 1. The number of rotatable bonds is 10. The van der Waals surface area contributed by atoms with Gasteiger partial charge in [-0.3, -0.25) is 9.59 Å². The second-order valence-corrected chi connectivity index (χ2v) is 7.80. The number of primary amides is 1. The van der Waals surface area contributed by atoms with Gasteiger partial charge in [-0.15, -0.1) is 0 Å². The van der Waals surface area contributed by atoms with E-state index >= 15 is 0 Å². The molecule has 2 N–H and O–H groups in total. The molecule has 1 aromatic heterocycles. The van der Waals surface area contributed by atoms with Crippen molar-refractivity contribution in [3.8, 4) is 11.1 Å². The van der Waals surface area contributed by atoms with Crippen LogP contribution < -0.4 is 5.73 Å². The Morgan fingerprint density at radius 3 is 2.38 bits per heavy atom. The van der Waals surface area contributed by atoms with Crippen LogP contribution in [0.5, 0.6) is 0 Å². The zero-order chi connectivity index (χ0) is 20.8. The Kier molecular flexibility index (Phi) is 6.86. The number of unbranched alkanes of at least 4 members (excludes halogenated alkanes) is 5. The van der Waals surface area contributed by atoms with Crippen LogP contribution in [0.1, 0.15) is 61.4 Å². The van der Waals surface area contributed by atoms with Crippen molar-refractivity contribution < 1.29 is 9.59 Å². The van der Waals surface area contributed by atoms with Gasteiger partial charge in [0.2, 0.25) is 0 Å². The van der Waals surface area contributed by atoms with Crippen LogP contribution >= 0.6 is 0 Å². The molecule has 29 heavy (non-hydrogen) atoms. The van der Waals surface area contributed by atoms with Crippen molar-refractivity contribution in [3.05, 3.63) is 59.8 Å². The van der Waals surface area contributed by atoms with Gasteiger partial charge in [-0.05, 0) is 36.6 Å². The number of amides is 1. The van der Waals surface area contributed by atoms with E-state index in [1.54, 1.807) is 6.20 Å². The fourth-order valence-corrected chi connectivity index (χ4v) is 3.86. The molecule has 0 radical (unpaired) electrons. The Balaban J connectivity index is 1.92. The number of aromatic nitrogens is 1. The molecule has 3 aromatic rings. The lowest BCUT2D eigenvalue weighted by Gasteiger charge is -2.07. The highest BCUT2D eigenvalue weighted by Crippen LogP contribution is 2.29. The Morgan fingerprint density at radius 1 is 0.931 bits per heavy atom. The summed E-state index contributed by atoms with van der Waals surface area (Å²) < 4.78 is 2.09. The maximum Gasteiger partial charge on any atom is 0.289 e. The van der Waals surface area contributed by atoms with Crippen molar-refractivity contribution in [2.75, 3.05) is 0 Å². The second-order valence-electron chi connectivity index (χ2n) is 7.80. The average Bonchev–Trinajstić information content (AvgIpc) is 3.07. The van der Waals surface area contributed by atoms with Crippen LogP contribution in [0.15, 0.2) is 48.7 Å². The number of hydrogen-bond acceptors (Lipinski definition) is 2. The smallest absolute Gasteiger partial charge is 0.289 e. The van der Waals surface area contributed by atoms with E-state index in [0.717, 1.165) is 35.0 Å². The van der Waals surface area contributed by atoms with Crippen LogP contribution in [0.2, 0.25) is 0 Å². The molecule has 0 fully saturated rings. The molecule has 0 unspecified atom stereocenters. The van der Waals surface area contributed by atoms with Crippen molar-refractivity contribution in [2.45, 2.75) is 58.9 Å². The summed E-state index contributed by atoms with van der Waals surface area (Å²) in [6.45, 7) is 5.10. The molecule has 0 aliphatic carbocycles. The molecule has 0 aliphatic rings. The molecular weight excluding hydrogens is 360 g/mol. The third-order valence-electron chi connectivity index (χ3n) is 5.45. The molecule has 0 saturated heterocycles. The van der Waals surface area contributed by atoms with Gasteiger partial charge in [0.15, 0.2) is 0 Å². The number of benzene rings is 2. The van der Waals surface area contributed by atoms with Gasteiger partial charge in [0, 0.05) is 23.6 Å². The van der Waals surface area contributed by atoms with Crippen molar-refractivity contribution in [2.24, 2.45) is 5.73 Å². The monoisotopic (exact) mass is 390 g/mol. The normalized spacial score (nSPS) is 11.1. The van der Waals surface area contributed by atoms with Crippen molar-refractivity contribution in [1.29, 1.82) is 0 Å². The van der Waals surface area contributed by atoms with E-state index in [-0.39, 0.29) is 0 Å². The third kappa shape index (κ3) is 4.94. The van der Waals surface area contributed by atoms with Crippen molar-refractivity contribution >= 4 is 22.6 Å². The van der Waals surface area contributed by atoms with Gasteiger partial charge in [-0.2, -0.15) is 0 Å². The Bertz CT molecular complexity index is 1020. The van der Waals surface area contributed by atoms with Crippen LogP contribution in [0.3, 0.4) is 0 Å². The highest BCUT2D eigenvalue weighted by molar-refractivity contribution is 6.44. The van der Waals surface area contributed by atoms with Crippen LogP contribution in [-0.2, 0) is 11.3 Å². The summed E-state index contributed by atoms with van der Waals surface area (Å²) in [5.74, 6) is -1.54. The molecule has 0 atom stereocenters. The summed E-state index contributed by atoms with van der Waals surface area (Å²) in [7, 11) is 0. The predicted octanol–water partition coefficient (Wildman–Crippen LogP) is 5.65. The summed E-state index contributed by atoms with van der Waals surface area (Å²) in [5, 5.41) is 0.791. The molecule has 1 amide bonds. The molecule has 0 bridgehead atoms. The molecule has 152 valence electrons. The largest absolute Gasteiger partial charge is 0.363 e. The molecular formula is C25H30N2O2. The van der Waals surface area contributed by atoms with E-state index in [2.05, 4.69) is 42.7 Å². The van der Waals surface area contributed by atoms with E-state index in [1.165, 1.54) is 37.7 Å². The van der Waals surface area contributed by atoms with E-state index in [9.17, 15) is 9.59 Å². The van der Waals surface area contributed by atoms with Gasteiger partial charge >= 0.3 is 0 Å². The Morgan fingerprint density at radius 2 is 1.66 bits per heavy atom. The second kappa shape index (κ2) is 9.55. The van der Waals surface area contributed by atoms with Crippen LogP contribution in [-0.4, -0.2) is 16.3 Å². The van der Waals surface area contributed by atoms with E-state index in [1.807, 2.05) is 18.2 Å². The number of hydrogen-bond donors (Lipinski definition) is 1. The number of Topliss-reactive ketones (excluding diaryl/α,β-unsaturated/α-hetero) is 1. The lowest BCUT2D eigenvalue weighted by molar-refractivity contribution is -0.114. The quantitative estimate of drug-likeness (QED) is 0.276. The first-order chi connectivity index (χ1) is 14.0. The van der Waals surface area contributed by atoms with Gasteiger partial charge in [-0.25, -0.2) is 0 Å². The Hall–Kier alpha value is -2.88. The molecule has 4 heteroatoms. The molecule has 3 rings (SSSR count). The maximum absolute atomic E-state index is 12.4. The number of carbonyl (C=O) groups excluding carboxylic acids is 2. The minimum atomic E-state index is -0.912. The van der Waals surface area contributed by atoms with Crippen molar-refractivity contribution in [3.63, 3.8) is 0 Å². The van der Waals surface area contributed by atoms with Gasteiger partial charge < -0.3 is 10.3 Å². The first-order valence-corrected chi connectivity index (χ1v) is 10.6. The van der Waals surface area contributed by atoms with E-state index in [4.69, 9.17) is 5.73 Å². The fraction of sp³-hybridized carbons (Fsp3) is 0.360. The number of nitrogens with two attached hydrogens (primary N) is 1. The molecule has 0 saturated carbocycles. The van der Waals surface area contributed by atoms with Crippen molar-refractivity contribution in [1.82, 2.24) is 4.57 Å². The fourth-order valence-electron chi connectivity index (χ4n) is 3.86. The summed E-state index contributed by atoms with van der Waals surface area (Å²) in [6, 6.07) is 14.4. The van der Waals surface area contributed by atoms with Gasteiger partial charge in [-0.1, -0.05) is 74.9 Å². The summed E-state index contributed by atoms with van der Waals surface area (Å²) in [5.41, 5.74) is 9.97. The van der Waals surface area contributed by atoms with E-state index < -0.39 is 11.7 Å². The average molecular weight is 391 g/mol. The highest BCUT2D eigenvalue weighted by atomic mass is 16.2. The number of ketones is 1. The summed E-state index contributed by atoms with van der Waals surface area (Å²) in [4.78, 5) is 24.0. The van der Waals surface area contributed by atoms with Gasteiger partial charge in [0.25, 0.3) is 11.7 Å². The highest BCUT2D eigenvalue weighted by Gasteiger charge is 2.19. The Labute approximate surface area is 172 Å². The first-order valence-electron chi connectivity index (χ1n) is 10.6. The topological polar surface area (TPSA) is 65.1 Å². The summed E-state index contributed by atoms with van der Waals surface area (Å²) >= 11 is 0. The van der Waals surface area contributed by atoms with Gasteiger partial charge in [0.05, 0.1) is 5.56 Å². The minimum Gasteiger partial charge on any atom is -0.363 e. The predicted molar refractivity (Wildman–Crippen MR) is 119 cm³/mol.